The molecule has 1 saturated heterocycles. The minimum atomic E-state index is -0.804. The van der Waals surface area contributed by atoms with Crippen LogP contribution in [0.1, 0.15) is 81.8 Å². The molecule has 0 N–H and O–H groups in total. The summed E-state index contributed by atoms with van der Waals surface area (Å²) in [5, 5.41) is 0. The van der Waals surface area contributed by atoms with Crippen molar-refractivity contribution < 1.29 is 17.9 Å². The Hall–Kier alpha value is -2.85. The molecule has 1 fully saturated rings. The van der Waals surface area contributed by atoms with E-state index in [1.165, 1.54) is 25.7 Å². The van der Waals surface area contributed by atoms with Gasteiger partial charge in [-0.25, -0.2) is 13.2 Å². The first kappa shape index (κ1) is 28.2. The molecule has 2 atom stereocenters. The van der Waals surface area contributed by atoms with Gasteiger partial charge < -0.3 is 4.74 Å². The summed E-state index contributed by atoms with van der Waals surface area (Å²) in [6.07, 6.45) is 12.1. The van der Waals surface area contributed by atoms with E-state index >= 15 is 0 Å². The molecule has 1 nitrogen and oxygen atoms in total. The molecule has 4 heteroatoms. The van der Waals surface area contributed by atoms with Gasteiger partial charge in [-0.05, 0) is 59.6 Å². The van der Waals surface area contributed by atoms with E-state index in [0.717, 1.165) is 43.2 Å². The van der Waals surface area contributed by atoms with Crippen LogP contribution in [0.5, 0.6) is 0 Å². The molecule has 3 aromatic rings. The van der Waals surface area contributed by atoms with Crippen molar-refractivity contribution in [2.45, 2.75) is 83.2 Å². The zero-order valence-electron chi connectivity index (χ0n) is 22.5. The van der Waals surface area contributed by atoms with Gasteiger partial charge in [0.2, 0.25) is 0 Å². The Balaban J connectivity index is 1.39. The molecule has 1 aliphatic heterocycles. The summed E-state index contributed by atoms with van der Waals surface area (Å²) in [6, 6.07) is 15.8. The third-order valence-corrected chi connectivity index (χ3v) is 7.76. The lowest BCUT2D eigenvalue weighted by atomic mass is 9.89. The van der Waals surface area contributed by atoms with E-state index in [2.05, 4.69) is 13.5 Å². The molecule has 3 aromatic carbocycles. The van der Waals surface area contributed by atoms with Crippen LogP contribution in [0.15, 0.2) is 67.3 Å². The maximum absolute atomic E-state index is 15.0. The van der Waals surface area contributed by atoms with Crippen LogP contribution in [0.25, 0.3) is 22.3 Å². The minimum Gasteiger partial charge on any atom is -0.374 e. The van der Waals surface area contributed by atoms with E-state index < -0.39 is 11.6 Å². The van der Waals surface area contributed by atoms with Gasteiger partial charge in [-0.3, -0.25) is 0 Å². The molecule has 0 aromatic heterocycles. The number of hydrogen-bond donors (Lipinski definition) is 0. The Kier molecular flexibility index (Phi) is 10.2. The third kappa shape index (κ3) is 6.96. The summed E-state index contributed by atoms with van der Waals surface area (Å²) in [5.74, 6) is -1.76. The van der Waals surface area contributed by atoms with Crippen LogP contribution in [0, 0.1) is 17.5 Å². The van der Waals surface area contributed by atoms with Crippen molar-refractivity contribution in [2.24, 2.45) is 0 Å². The van der Waals surface area contributed by atoms with Gasteiger partial charge in [0.05, 0.1) is 12.7 Å². The molecule has 38 heavy (non-hydrogen) atoms. The Bertz CT molecular complexity index is 1190. The van der Waals surface area contributed by atoms with Crippen molar-refractivity contribution in [3.63, 3.8) is 0 Å². The van der Waals surface area contributed by atoms with Crippen LogP contribution < -0.4 is 0 Å². The van der Waals surface area contributed by atoms with E-state index in [1.54, 1.807) is 36.4 Å². The quantitative estimate of drug-likeness (QED) is 0.170. The zero-order valence-corrected chi connectivity index (χ0v) is 22.5. The number of aryl methyl sites for hydroxylation is 1. The van der Waals surface area contributed by atoms with Crippen LogP contribution in [0.3, 0.4) is 0 Å². The summed E-state index contributed by atoms with van der Waals surface area (Å²) >= 11 is 0. The lowest BCUT2D eigenvalue weighted by molar-refractivity contribution is 0.0321. The summed E-state index contributed by atoms with van der Waals surface area (Å²) in [4.78, 5) is 0. The molecule has 0 radical (unpaired) electrons. The van der Waals surface area contributed by atoms with E-state index in [0.29, 0.717) is 29.7 Å². The summed E-state index contributed by atoms with van der Waals surface area (Å²) in [5.41, 5.74) is 3.52. The van der Waals surface area contributed by atoms with Gasteiger partial charge in [0.1, 0.15) is 5.82 Å². The van der Waals surface area contributed by atoms with Gasteiger partial charge in [-0.2, -0.15) is 0 Å². The molecular formula is C34H39F3O. The molecular weight excluding hydrogens is 481 g/mol. The van der Waals surface area contributed by atoms with Crippen LogP contribution in [-0.2, 0) is 11.2 Å². The molecule has 4 rings (SSSR count). The van der Waals surface area contributed by atoms with Crippen molar-refractivity contribution in [3.05, 3.63) is 95.8 Å². The fraction of sp³-hybridized carbons (Fsp3) is 0.412. The standard InChI is InChI=1S/C34H39F3O/c1-3-5-6-7-8-9-10-11-26-17-21-31(34(37)33(26)36)25-14-12-24(13-15-25)27-18-20-30(32(35)22-27)28-16-19-29(4-2)38-23-28/h4,12-15,17-18,20-22,28-29H,2-3,5-11,16,19,23H2,1H3. The first-order valence-corrected chi connectivity index (χ1v) is 14.1. The van der Waals surface area contributed by atoms with E-state index in [-0.39, 0.29) is 23.4 Å². The second-order valence-corrected chi connectivity index (χ2v) is 10.5. The molecule has 0 amide bonds. The van der Waals surface area contributed by atoms with Crippen molar-refractivity contribution in [1.82, 2.24) is 0 Å². The second kappa shape index (κ2) is 13.8. The minimum absolute atomic E-state index is 0.0364. The smallest absolute Gasteiger partial charge is 0.166 e. The van der Waals surface area contributed by atoms with Crippen molar-refractivity contribution in [3.8, 4) is 22.3 Å². The van der Waals surface area contributed by atoms with Gasteiger partial charge in [-0.1, -0.05) is 100 Å². The van der Waals surface area contributed by atoms with Crippen molar-refractivity contribution in [1.29, 1.82) is 0 Å². The molecule has 1 heterocycles. The number of unbranched alkanes of at least 4 members (excludes halogenated alkanes) is 6. The molecule has 0 saturated carbocycles. The highest BCUT2D eigenvalue weighted by molar-refractivity contribution is 5.71. The fourth-order valence-electron chi connectivity index (χ4n) is 5.36. The Morgan fingerprint density at radius 2 is 1.47 bits per heavy atom. The average Bonchev–Trinajstić information content (AvgIpc) is 2.95. The SMILES string of the molecule is C=CC1CCC(c2ccc(-c3ccc(-c4ccc(CCCCCCCCC)c(F)c4F)cc3)cc2F)CO1. The normalized spacial score (nSPS) is 17.5. The van der Waals surface area contributed by atoms with Crippen molar-refractivity contribution >= 4 is 0 Å². The lowest BCUT2D eigenvalue weighted by Crippen LogP contribution is -2.23. The first-order valence-electron chi connectivity index (χ1n) is 14.1. The highest BCUT2D eigenvalue weighted by Gasteiger charge is 2.23. The predicted octanol–water partition coefficient (Wildman–Crippen LogP) is 10.2. The van der Waals surface area contributed by atoms with Gasteiger partial charge in [0.25, 0.3) is 0 Å². The molecule has 2 unspecified atom stereocenters. The maximum atomic E-state index is 15.0. The Morgan fingerprint density at radius 3 is 2.13 bits per heavy atom. The highest BCUT2D eigenvalue weighted by atomic mass is 19.2. The van der Waals surface area contributed by atoms with Gasteiger partial charge in [0, 0.05) is 11.5 Å². The predicted molar refractivity (Wildman–Crippen MR) is 151 cm³/mol. The number of ether oxygens (including phenoxy) is 1. The van der Waals surface area contributed by atoms with Crippen molar-refractivity contribution in [2.75, 3.05) is 6.61 Å². The van der Waals surface area contributed by atoms with E-state index in [4.69, 9.17) is 4.74 Å². The largest absolute Gasteiger partial charge is 0.374 e. The number of rotatable bonds is 12. The summed E-state index contributed by atoms with van der Waals surface area (Å²) < 4.78 is 50.5. The van der Waals surface area contributed by atoms with Gasteiger partial charge in [-0.15, -0.1) is 6.58 Å². The fourth-order valence-corrected chi connectivity index (χ4v) is 5.36. The Morgan fingerprint density at radius 1 is 0.789 bits per heavy atom. The monoisotopic (exact) mass is 520 g/mol. The molecule has 0 bridgehead atoms. The van der Waals surface area contributed by atoms with E-state index in [9.17, 15) is 13.2 Å². The summed E-state index contributed by atoms with van der Waals surface area (Å²) in [6.45, 7) is 6.45. The lowest BCUT2D eigenvalue weighted by Gasteiger charge is -2.27. The van der Waals surface area contributed by atoms with Crippen LogP contribution >= 0.6 is 0 Å². The van der Waals surface area contributed by atoms with Gasteiger partial charge >= 0.3 is 0 Å². The average molecular weight is 521 g/mol. The molecule has 202 valence electrons. The van der Waals surface area contributed by atoms with E-state index in [1.807, 2.05) is 24.3 Å². The summed E-state index contributed by atoms with van der Waals surface area (Å²) in [7, 11) is 0. The highest BCUT2D eigenvalue weighted by Crippen LogP contribution is 2.34. The third-order valence-electron chi connectivity index (χ3n) is 7.76. The molecule has 0 aliphatic carbocycles. The maximum Gasteiger partial charge on any atom is 0.166 e. The van der Waals surface area contributed by atoms with Crippen LogP contribution in [0.2, 0.25) is 0 Å². The van der Waals surface area contributed by atoms with Gasteiger partial charge in [0.15, 0.2) is 11.6 Å². The molecule has 1 aliphatic rings. The topological polar surface area (TPSA) is 9.23 Å². The number of hydrogen-bond acceptors (Lipinski definition) is 1. The first-order chi connectivity index (χ1) is 18.5. The Labute approximate surface area is 225 Å². The molecule has 0 spiro atoms. The second-order valence-electron chi connectivity index (χ2n) is 10.5. The van der Waals surface area contributed by atoms with Crippen LogP contribution in [-0.4, -0.2) is 12.7 Å². The van der Waals surface area contributed by atoms with Crippen LogP contribution in [0.4, 0.5) is 13.2 Å². The number of halogens is 3. The number of benzene rings is 3. The zero-order chi connectivity index (χ0) is 26.9.